The number of H-pyrrole nitrogens is 2. The van der Waals surface area contributed by atoms with Crippen LogP contribution in [0.2, 0.25) is 0 Å². The van der Waals surface area contributed by atoms with Gasteiger partial charge in [0.2, 0.25) is 5.92 Å². The van der Waals surface area contributed by atoms with Crippen molar-refractivity contribution >= 4 is 6.03 Å². The van der Waals surface area contributed by atoms with Gasteiger partial charge in [0.15, 0.2) is 0 Å². The summed E-state index contributed by atoms with van der Waals surface area (Å²) < 4.78 is 27.2. The summed E-state index contributed by atoms with van der Waals surface area (Å²) in [6, 6.07) is -0.714. The van der Waals surface area contributed by atoms with E-state index in [1.807, 2.05) is 0 Å². The first-order chi connectivity index (χ1) is 11.6. The number of amides is 2. The molecule has 1 atom stereocenters. The van der Waals surface area contributed by atoms with Crippen molar-refractivity contribution in [3.63, 3.8) is 0 Å². The first-order valence-electron chi connectivity index (χ1n) is 8.35. The number of hydrogen-bond acceptors (Lipinski definition) is 3. The van der Waals surface area contributed by atoms with Crippen molar-refractivity contribution < 1.29 is 13.6 Å². The number of hydrogen-bond donors (Lipinski definition) is 3. The van der Waals surface area contributed by atoms with E-state index in [0.717, 1.165) is 0 Å². The largest absolute Gasteiger partial charge is 0.335 e. The molecule has 9 heteroatoms. The topological polar surface area (TPSA) is 98.1 Å². The van der Waals surface area contributed by atoms with Crippen molar-refractivity contribution in [3.05, 3.63) is 32.1 Å². The Labute approximate surface area is 142 Å². The minimum atomic E-state index is -2.70. The van der Waals surface area contributed by atoms with Gasteiger partial charge in [-0.2, -0.15) is 0 Å². The van der Waals surface area contributed by atoms with Gasteiger partial charge in [0.05, 0.1) is 6.54 Å². The van der Waals surface area contributed by atoms with Gasteiger partial charge in [0.25, 0.3) is 5.56 Å². The molecule has 2 amide bonds. The highest BCUT2D eigenvalue weighted by molar-refractivity contribution is 5.75. The lowest BCUT2D eigenvalue weighted by atomic mass is 9.71. The second-order valence-electron chi connectivity index (χ2n) is 7.60. The van der Waals surface area contributed by atoms with Crippen LogP contribution in [0.1, 0.15) is 44.4 Å². The molecule has 2 aliphatic rings. The normalized spacial score (nSPS) is 24.5. The number of nitrogens with zero attached hydrogens (tertiary/aromatic N) is 1. The maximum absolute atomic E-state index is 13.6. The maximum Gasteiger partial charge on any atom is 0.325 e. The van der Waals surface area contributed by atoms with Crippen LogP contribution in [0.4, 0.5) is 13.6 Å². The number of alkyl halides is 2. The molecule has 0 spiro atoms. The Morgan fingerprint density at radius 1 is 1.28 bits per heavy atom. The fraction of sp³-hybridized carbons (Fsp3) is 0.688. The van der Waals surface area contributed by atoms with Crippen LogP contribution in [0.15, 0.2) is 9.59 Å². The van der Waals surface area contributed by atoms with Crippen LogP contribution >= 0.6 is 0 Å². The molecular weight excluding hydrogens is 334 g/mol. The molecule has 0 saturated heterocycles. The molecule has 1 aromatic heterocycles. The molecule has 3 N–H and O–H groups in total. The second-order valence-corrected chi connectivity index (χ2v) is 7.60. The molecule has 1 saturated carbocycles. The minimum Gasteiger partial charge on any atom is -0.335 e. The van der Waals surface area contributed by atoms with Crippen molar-refractivity contribution in [1.29, 1.82) is 0 Å². The van der Waals surface area contributed by atoms with Gasteiger partial charge in [0.1, 0.15) is 0 Å². The number of fused-ring (bicyclic) bond motifs is 1. The predicted molar refractivity (Wildman–Crippen MR) is 86.7 cm³/mol. The standard InChI is InChI=1S/C16H22F2N4O3/c1-15(2)8-16(17,18)5-3-11(15)20-14(25)22-6-4-9-10(7-22)19-13(24)21-12(9)23/h11H,3-8H2,1-2H3,(H,20,25)(H2,19,21,23,24). The molecule has 7 nitrogen and oxygen atoms in total. The summed E-state index contributed by atoms with van der Waals surface area (Å²) in [5, 5.41) is 2.85. The van der Waals surface area contributed by atoms with Crippen LogP contribution in [0.5, 0.6) is 0 Å². The average molecular weight is 356 g/mol. The van der Waals surface area contributed by atoms with Crippen molar-refractivity contribution in [2.75, 3.05) is 6.54 Å². The fourth-order valence-corrected chi connectivity index (χ4v) is 3.78. The van der Waals surface area contributed by atoms with E-state index in [-0.39, 0.29) is 37.9 Å². The van der Waals surface area contributed by atoms with Gasteiger partial charge >= 0.3 is 11.7 Å². The lowest BCUT2D eigenvalue weighted by Crippen LogP contribution is -2.55. The second kappa shape index (κ2) is 5.96. The summed E-state index contributed by atoms with van der Waals surface area (Å²) in [6.45, 7) is 3.90. The van der Waals surface area contributed by atoms with Gasteiger partial charge in [-0.25, -0.2) is 18.4 Å². The SMILES string of the molecule is CC1(C)CC(F)(F)CCC1NC(=O)N1CCc2c([nH]c(=O)[nH]c2=O)C1. The van der Waals surface area contributed by atoms with Crippen LogP contribution in [0.25, 0.3) is 0 Å². The number of aromatic nitrogens is 2. The van der Waals surface area contributed by atoms with Crippen LogP contribution in [-0.4, -0.2) is 39.4 Å². The van der Waals surface area contributed by atoms with Crippen molar-refractivity contribution in [2.45, 2.75) is 58.0 Å². The van der Waals surface area contributed by atoms with Gasteiger partial charge in [-0.3, -0.25) is 9.78 Å². The monoisotopic (exact) mass is 356 g/mol. The van der Waals surface area contributed by atoms with Gasteiger partial charge < -0.3 is 15.2 Å². The average Bonchev–Trinajstić information content (AvgIpc) is 2.48. The van der Waals surface area contributed by atoms with E-state index in [0.29, 0.717) is 24.2 Å². The molecule has 0 aromatic carbocycles. The maximum atomic E-state index is 13.6. The molecule has 138 valence electrons. The van der Waals surface area contributed by atoms with E-state index in [1.165, 1.54) is 4.90 Å². The van der Waals surface area contributed by atoms with E-state index < -0.39 is 22.6 Å². The molecule has 1 aliphatic carbocycles. The van der Waals surface area contributed by atoms with Crippen LogP contribution in [0.3, 0.4) is 0 Å². The minimum absolute atomic E-state index is 0.115. The zero-order chi connectivity index (χ0) is 18.4. The summed E-state index contributed by atoms with van der Waals surface area (Å²) in [7, 11) is 0. The zero-order valence-electron chi connectivity index (χ0n) is 14.2. The van der Waals surface area contributed by atoms with Gasteiger partial charge in [-0.15, -0.1) is 0 Å². The Morgan fingerprint density at radius 3 is 2.68 bits per heavy atom. The van der Waals surface area contributed by atoms with Gasteiger partial charge in [-0.05, 0) is 18.3 Å². The third-order valence-corrected chi connectivity index (χ3v) is 5.15. The van der Waals surface area contributed by atoms with E-state index in [4.69, 9.17) is 0 Å². The summed E-state index contributed by atoms with van der Waals surface area (Å²) in [4.78, 5) is 41.9. The number of carbonyl (C=O) groups is 1. The molecule has 2 heterocycles. The molecule has 1 unspecified atom stereocenters. The first-order valence-corrected chi connectivity index (χ1v) is 8.35. The molecule has 1 aromatic rings. The van der Waals surface area contributed by atoms with Crippen LogP contribution in [-0.2, 0) is 13.0 Å². The highest BCUT2D eigenvalue weighted by Crippen LogP contribution is 2.44. The Morgan fingerprint density at radius 2 is 2.00 bits per heavy atom. The number of halogens is 2. The molecule has 1 aliphatic heterocycles. The highest BCUT2D eigenvalue weighted by atomic mass is 19.3. The van der Waals surface area contributed by atoms with Gasteiger partial charge in [-0.1, -0.05) is 13.8 Å². The lowest BCUT2D eigenvalue weighted by Gasteiger charge is -2.43. The Hall–Kier alpha value is -2.19. The molecule has 0 radical (unpaired) electrons. The van der Waals surface area contributed by atoms with Gasteiger partial charge in [0, 0.05) is 36.7 Å². The molecular formula is C16H22F2N4O3. The van der Waals surface area contributed by atoms with Crippen LogP contribution in [0, 0.1) is 5.41 Å². The summed E-state index contributed by atoms with van der Waals surface area (Å²) in [5.41, 5.74) is -0.863. The van der Waals surface area contributed by atoms with E-state index in [9.17, 15) is 23.2 Å². The number of aromatic amines is 2. The number of urea groups is 1. The molecule has 1 fully saturated rings. The number of rotatable bonds is 1. The Kier molecular flexibility index (Phi) is 4.20. The summed E-state index contributed by atoms with van der Waals surface area (Å²) in [6.07, 6.45) is 0.0387. The third-order valence-electron chi connectivity index (χ3n) is 5.15. The van der Waals surface area contributed by atoms with Crippen molar-refractivity contribution in [3.8, 4) is 0 Å². The fourth-order valence-electron chi connectivity index (χ4n) is 3.78. The summed E-state index contributed by atoms with van der Waals surface area (Å²) in [5.74, 6) is -2.70. The van der Waals surface area contributed by atoms with E-state index in [2.05, 4.69) is 15.3 Å². The number of carbonyl (C=O) groups excluding carboxylic acids is 1. The quantitative estimate of drug-likeness (QED) is 0.708. The van der Waals surface area contributed by atoms with Crippen molar-refractivity contribution in [2.24, 2.45) is 5.41 Å². The predicted octanol–water partition coefficient (Wildman–Crippen LogP) is 1.34. The van der Waals surface area contributed by atoms with E-state index >= 15 is 0 Å². The lowest BCUT2D eigenvalue weighted by molar-refractivity contribution is -0.0838. The van der Waals surface area contributed by atoms with Crippen LogP contribution < -0.4 is 16.6 Å². The first kappa shape index (κ1) is 17.6. The summed E-state index contributed by atoms with van der Waals surface area (Å²) >= 11 is 0. The Balaban J connectivity index is 1.70. The molecule has 0 bridgehead atoms. The zero-order valence-corrected chi connectivity index (χ0v) is 14.2. The molecule has 25 heavy (non-hydrogen) atoms. The van der Waals surface area contributed by atoms with Crippen molar-refractivity contribution in [1.82, 2.24) is 20.2 Å². The van der Waals surface area contributed by atoms with E-state index in [1.54, 1.807) is 13.8 Å². The highest BCUT2D eigenvalue weighted by Gasteiger charge is 2.46. The smallest absolute Gasteiger partial charge is 0.325 e. The Bertz CT molecular complexity index is 799. The molecule has 3 rings (SSSR count). The number of nitrogens with one attached hydrogen (secondary N) is 3. The third kappa shape index (κ3) is 3.59.